The summed E-state index contributed by atoms with van der Waals surface area (Å²) in [5.41, 5.74) is 1.75. The summed E-state index contributed by atoms with van der Waals surface area (Å²) in [7, 11) is 0. The quantitative estimate of drug-likeness (QED) is 0.665. The van der Waals surface area contributed by atoms with E-state index in [4.69, 9.17) is 0 Å². The van der Waals surface area contributed by atoms with Gasteiger partial charge in [-0.25, -0.2) is 4.98 Å². The third-order valence-corrected chi connectivity index (χ3v) is 4.50. The first kappa shape index (κ1) is 20.0. The van der Waals surface area contributed by atoms with Gasteiger partial charge in [-0.1, -0.05) is 13.8 Å². The first-order valence-corrected chi connectivity index (χ1v) is 9.01. The Balaban J connectivity index is 0.00000225. The van der Waals surface area contributed by atoms with Gasteiger partial charge in [-0.2, -0.15) is 15.0 Å². The molecule has 0 amide bonds. The molecule has 0 aliphatic carbocycles. The maximum absolute atomic E-state index is 10.4. The van der Waals surface area contributed by atoms with Crippen LogP contribution < -0.4 is 10.2 Å². The molecule has 0 radical (unpaired) electrons. The number of phenols is 1. The molecule has 4 rings (SSSR count). The average Bonchev–Trinajstić information content (AvgIpc) is 3.33. The van der Waals surface area contributed by atoms with Gasteiger partial charge in [0.25, 0.3) is 0 Å². The lowest BCUT2D eigenvalue weighted by Crippen LogP contribution is -2.37. The van der Waals surface area contributed by atoms with E-state index in [1.807, 2.05) is 6.07 Å². The molecule has 0 saturated carbocycles. The lowest BCUT2D eigenvalue weighted by atomic mass is 10.1. The van der Waals surface area contributed by atoms with Gasteiger partial charge in [-0.3, -0.25) is 0 Å². The Morgan fingerprint density at radius 3 is 2.61 bits per heavy atom. The summed E-state index contributed by atoms with van der Waals surface area (Å²) in [6.07, 6.45) is 5.87. The minimum atomic E-state index is 0. The highest BCUT2D eigenvalue weighted by Crippen LogP contribution is 2.29. The highest BCUT2D eigenvalue weighted by Gasteiger charge is 2.25. The molecule has 1 atom stereocenters. The maximum Gasteiger partial charge on any atom is 0.245 e. The molecule has 1 saturated heterocycles. The van der Waals surface area contributed by atoms with Crippen LogP contribution in [-0.2, 0) is 0 Å². The number of nitrogens with one attached hydrogen (secondary N) is 1. The minimum absolute atomic E-state index is 0. The smallest absolute Gasteiger partial charge is 0.245 e. The number of aromatic hydroxyl groups is 1. The standard InChI is InChI=1S/C18H22N8O.ClH/c1-12(2)22-13-5-8-25(11-13)18-19-10-16(23-24-18)15-4-3-14(9-17(15)27)26-20-6-7-21-26;/h3-4,6-7,9-10,12-13,22,27H,5,8,11H2,1-2H3;1H. The molecule has 148 valence electrons. The molecule has 1 aliphatic heterocycles. The fourth-order valence-corrected chi connectivity index (χ4v) is 3.30. The molecule has 1 aromatic carbocycles. The summed E-state index contributed by atoms with van der Waals surface area (Å²) >= 11 is 0. The molecule has 9 nitrogen and oxygen atoms in total. The minimum Gasteiger partial charge on any atom is -0.507 e. The monoisotopic (exact) mass is 402 g/mol. The Kier molecular flexibility index (Phi) is 6.05. The molecule has 28 heavy (non-hydrogen) atoms. The van der Waals surface area contributed by atoms with Crippen LogP contribution in [0.2, 0.25) is 0 Å². The summed E-state index contributed by atoms with van der Waals surface area (Å²) in [6.45, 7) is 6.07. The average molecular weight is 403 g/mol. The van der Waals surface area contributed by atoms with E-state index in [1.165, 1.54) is 4.80 Å². The van der Waals surface area contributed by atoms with Gasteiger partial charge in [0, 0.05) is 36.8 Å². The van der Waals surface area contributed by atoms with E-state index in [2.05, 4.69) is 49.4 Å². The third kappa shape index (κ3) is 4.20. The predicted molar refractivity (Wildman–Crippen MR) is 108 cm³/mol. The zero-order valence-electron chi connectivity index (χ0n) is 15.7. The summed E-state index contributed by atoms with van der Waals surface area (Å²) < 4.78 is 0. The highest BCUT2D eigenvalue weighted by molar-refractivity contribution is 5.85. The molecule has 2 N–H and O–H groups in total. The molecule has 1 fully saturated rings. The SMILES string of the molecule is CC(C)NC1CCN(c2ncc(-c3ccc(-n4nccn4)cc3O)nn2)C1.Cl. The van der Waals surface area contributed by atoms with Crippen molar-refractivity contribution in [2.75, 3.05) is 18.0 Å². The molecular formula is C18H23ClN8O. The third-order valence-electron chi connectivity index (χ3n) is 4.50. The fourth-order valence-electron chi connectivity index (χ4n) is 3.30. The van der Waals surface area contributed by atoms with E-state index >= 15 is 0 Å². The van der Waals surface area contributed by atoms with E-state index in [0.29, 0.717) is 35.0 Å². The molecule has 3 aromatic rings. The van der Waals surface area contributed by atoms with Crippen LogP contribution in [-0.4, -0.2) is 60.5 Å². The largest absolute Gasteiger partial charge is 0.507 e. The summed E-state index contributed by atoms with van der Waals surface area (Å²) in [5.74, 6) is 0.694. The number of benzene rings is 1. The second-order valence-corrected chi connectivity index (χ2v) is 6.92. The molecule has 10 heteroatoms. The molecule has 1 aliphatic rings. The van der Waals surface area contributed by atoms with Crippen molar-refractivity contribution in [2.24, 2.45) is 0 Å². The first-order chi connectivity index (χ1) is 13.1. The van der Waals surface area contributed by atoms with E-state index in [-0.39, 0.29) is 18.2 Å². The number of phenolic OH excluding ortho intramolecular Hbond substituents is 1. The second-order valence-electron chi connectivity index (χ2n) is 6.92. The van der Waals surface area contributed by atoms with Crippen molar-refractivity contribution in [3.05, 3.63) is 36.8 Å². The fraction of sp³-hybridized carbons (Fsp3) is 0.389. The van der Waals surface area contributed by atoms with Crippen LogP contribution in [0.4, 0.5) is 5.95 Å². The van der Waals surface area contributed by atoms with Crippen molar-refractivity contribution in [1.82, 2.24) is 35.5 Å². The van der Waals surface area contributed by atoms with Gasteiger partial charge in [0.1, 0.15) is 11.4 Å². The van der Waals surface area contributed by atoms with E-state index in [1.54, 1.807) is 30.7 Å². The van der Waals surface area contributed by atoms with Gasteiger partial charge in [0.15, 0.2) is 0 Å². The normalized spacial score (nSPS) is 16.4. The number of halogens is 1. The van der Waals surface area contributed by atoms with Gasteiger partial charge < -0.3 is 15.3 Å². The zero-order chi connectivity index (χ0) is 18.8. The van der Waals surface area contributed by atoms with E-state index in [9.17, 15) is 5.11 Å². The number of rotatable bonds is 5. The van der Waals surface area contributed by atoms with Crippen molar-refractivity contribution in [3.8, 4) is 22.7 Å². The number of anilines is 1. The van der Waals surface area contributed by atoms with E-state index < -0.39 is 0 Å². The Labute approximate surface area is 169 Å². The van der Waals surface area contributed by atoms with Crippen molar-refractivity contribution in [2.45, 2.75) is 32.4 Å². The van der Waals surface area contributed by atoms with Crippen molar-refractivity contribution in [3.63, 3.8) is 0 Å². The zero-order valence-corrected chi connectivity index (χ0v) is 16.5. The van der Waals surface area contributed by atoms with Gasteiger partial charge >= 0.3 is 0 Å². The van der Waals surface area contributed by atoms with Gasteiger partial charge in [0.05, 0.1) is 24.3 Å². The molecule has 1 unspecified atom stereocenters. The molecule has 0 bridgehead atoms. The Morgan fingerprint density at radius 1 is 1.18 bits per heavy atom. The number of hydrogen-bond donors (Lipinski definition) is 2. The van der Waals surface area contributed by atoms with Gasteiger partial charge in [-0.05, 0) is 18.6 Å². The van der Waals surface area contributed by atoms with Crippen LogP contribution in [0, 0.1) is 0 Å². The number of nitrogens with zero attached hydrogens (tertiary/aromatic N) is 7. The highest BCUT2D eigenvalue weighted by atomic mass is 35.5. The van der Waals surface area contributed by atoms with Crippen LogP contribution >= 0.6 is 12.4 Å². The maximum atomic E-state index is 10.4. The van der Waals surface area contributed by atoms with Crippen molar-refractivity contribution < 1.29 is 5.11 Å². The lowest BCUT2D eigenvalue weighted by molar-refractivity contribution is 0.476. The molecular weight excluding hydrogens is 380 g/mol. The van der Waals surface area contributed by atoms with Crippen LogP contribution in [0.5, 0.6) is 5.75 Å². The van der Waals surface area contributed by atoms with Crippen LogP contribution in [0.25, 0.3) is 16.9 Å². The van der Waals surface area contributed by atoms with Crippen LogP contribution in [0.15, 0.2) is 36.8 Å². The Morgan fingerprint density at radius 2 is 1.96 bits per heavy atom. The Hall–Kier alpha value is -2.78. The van der Waals surface area contributed by atoms with Gasteiger partial charge in [0.2, 0.25) is 5.95 Å². The number of hydrogen-bond acceptors (Lipinski definition) is 8. The first-order valence-electron chi connectivity index (χ1n) is 9.01. The summed E-state index contributed by atoms with van der Waals surface area (Å²) in [4.78, 5) is 8.01. The van der Waals surface area contributed by atoms with Gasteiger partial charge in [-0.15, -0.1) is 22.6 Å². The van der Waals surface area contributed by atoms with E-state index in [0.717, 1.165) is 19.5 Å². The lowest BCUT2D eigenvalue weighted by Gasteiger charge is -2.18. The predicted octanol–water partition coefficient (Wildman–Crippen LogP) is 1.82. The molecule has 2 aromatic heterocycles. The summed E-state index contributed by atoms with van der Waals surface area (Å²) in [6, 6.07) is 6.07. The second kappa shape index (κ2) is 8.49. The molecule has 0 spiro atoms. The Bertz CT molecular complexity index is 900. The van der Waals surface area contributed by atoms with Crippen LogP contribution in [0.1, 0.15) is 20.3 Å². The topological polar surface area (TPSA) is 105 Å². The van der Waals surface area contributed by atoms with Crippen LogP contribution in [0.3, 0.4) is 0 Å². The summed E-state index contributed by atoms with van der Waals surface area (Å²) in [5, 5.41) is 30.5. The van der Waals surface area contributed by atoms with Crippen molar-refractivity contribution in [1.29, 1.82) is 0 Å². The number of aromatic nitrogens is 6. The van der Waals surface area contributed by atoms with Crippen molar-refractivity contribution >= 4 is 18.4 Å². The molecule has 3 heterocycles.